The summed E-state index contributed by atoms with van der Waals surface area (Å²) < 4.78 is 27.1. The number of carbonyl (C=O) groups excluding carboxylic acids is 1. The number of halogens is 2. The Labute approximate surface area is 127 Å². The number of carbonyl (C=O) groups is 1. The summed E-state index contributed by atoms with van der Waals surface area (Å²) in [5, 5.41) is 11.9. The van der Waals surface area contributed by atoms with E-state index < -0.39 is 11.6 Å². The number of hydrogen-bond acceptors (Lipinski definition) is 3. The maximum Gasteiger partial charge on any atom is 0.161 e. The number of hydrogen-bond donors (Lipinski definition) is 1. The fourth-order valence-corrected chi connectivity index (χ4v) is 2.16. The van der Waals surface area contributed by atoms with E-state index >= 15 is 0 Å². The molecule has 0 spiro atoms. The summed E-state index contributed by atoms with van der Waals surface area (Å²) in [5.74, 6) is -1.34. The van der Waals surface area contributed by atoms with Gasteiger partial charge in [-0.05, 0) is 43.7 Å². The second kappa shape index (κ2) is 6.81. The summed E-state index contributed by atoms with van der Waals surface area (Å²) in [6.45, 7) is 1.66. The van der Waals surface area contributed by atoms with E-state index in [0.29, 0.717) is 16.8 Å². The van der Waals surface area contributed by atoms with Crippen molar-refractivity contribution < 1.29 is 13.6 Å². The number of ketones is 1. The van der Waals surface area contributed by atoms with E-state index in [2.05, 4.69) is 5.32 Å². The number of nitrogens with one attached hydrogen (secondary N) is 1. The van der Waals surface area contributed by atoms with Gasteiger partial charge in [-0.15, -0.1) is 0 Å². The molecule has 0 aromatic heterocycles. The lowest BCUT2D eigenvalue weighted by Gasteiger charge is -2.11. The van der Waals surface area contributed by atoms with Crippen LogP contribution < -0.4 is 5.32 Å². The number of nitriles is 1. The Hall–Kier alpha value is -2.74. The molecule has 2 aromatic rings. The zero-order valence-corrected chi connectivity index (χ0v) is 12.0. The van der Waals surface area contributed by atoms with Crippen LogP contribution in [0.25, 0.3) is 0 Å². The molecule has 0 atom stereocenters. The number of benzene rings is 2. The zero-order valence-electron chi connectivity index (χ0n) is 12.0. The van der Waals surface area contributed by atoms with Crippen molar-refractivity contribution in [3.05, 3.63) is 64.7 Å². The number of Topliss-reactive ketones (excluding diaryl/α,β-unsaturated/α-hetero) is 1. The highest BCUT2D eigenvalue weighted by Gasteiger charge is 2.10. The highest BCUT2D eigenvalue weighted by Crippen LogP contribution is 2.19. The van der Waals surface area contributed by atoms with Crippen LogP contribution >= 0.6 is 0 Å². The normalized spacial score (nSPS) is 10.1. The van der Waals surface area contributed by atoms with E-state index in [4.69, 9.17) is 5.26 Å². The average molecular weight is 300 g/mol. The third-order valence-corrected chi connectivity index (χ3v) is 3.28. The lowest BCUT2D eigenvalue weighted by atomic mass is 10.1. The third-order valence-electron chi connectivity index (χ3n) is 3.28. The first-order chi connectivity index (χ1) is 10.5. The van der Waals surface area contributed by atoms with E-state index in [0.717, 1.165) is 0 Å². The second-order valence-electron chi connectivity index (χ2n) is 4.81. The predicted molar refractivity (Wildman–Crippen MR) is 79.7 cm³/mol. The number of rotatable bonds is 5. The van der Waals surface area contributed by atoms with Crippen LogP contribution in [0.2, 0.25) is 0 Å². The monoisotopic (exact) mass is 300 g/mol. The first-order valence-corrected chi connectivity index (χ1v) is 6.74. The van der Waals surface area contributed by atoms with Crippen LogP contribution in [-0.4, -0.2) is 12.3 Å². The average Bonchev–Trinajstić information content (AvgIpc) is 2.49. The molecule has 3 nitrogen and oxygen atoms in total. The fourth-order valence-electron chi connectivity index (χ4n) is 2.16. The first kappa shape index (κ1) is 15.6. The van der Waals surface area contributed by atoms with Gasteiger partial charge in [0.25, 0.3) is 0 Å². The molecule has 22 heavy (non-hydrogen) atoms. The molecule has 1 N–H and O–H groups in total. The molecule has 0 bridgehead atoms. The zero-order chi connectivity index (χ0) is 16.1. The quantitative estimate of drug-likeness (QED) is 0.857. The first-order valence-electron chi connectivity index (χ1n) is 6.74. The molecule has 0 saturated carbocycles. The molecule has 0 fully saturated rings. The van der Waals surface area contributed by atoms with Gasteiger partial charge in [-0.3, -0.25) is 4.79 Å². The Kier molecular flexibility index (Phi) is 4.84. The molecule has 2 aromatic carbocycles. The standard InChI is InChI=1S/C17H14F2N2O/c1-11(22)13-6-5-12(10-20)9-17(13)21-8-7-14-15(18)3-2-4-16(14)19/h2-6,9,21H,7-8H2,1H3. The van der Waals surface area contributed by atoms with Crippen molar-refractivity contribution in [3.8, 4) is 6.07 Å². The Morgan fingerprint density at radius 2 is 1.91 bits per heavy atom. The van der Waals surface area contributed by atoms with Gasteiger partial charge >= 0.3 is 0 Å². The van der Waals surface area contributed by atoms with Gasteiger partial charge in [0.2, 0.25) is 0 Å². The molecular formula is C17H14F2N2O. The van der Waals surface area contributed by atoms with Crippen molar-refractivity contribution in [2.45, 2.75) is 13.3 Å². The van der Waals surface area contributed by atoms with Gasteiger partial charge in [0, 0.05) is 23.4 Å². The van der Waals surface area contributed by atoms with E-state index in [1.54, 1.807) is 18.2 Å². The topological polar surface area (TPSA) is 52.9 Å². The van der Waals surface area contributed by atoms with Gasteiger partial charge < -0.3 is 5.32 Å². The van der Waals surface area contributed by atoms with Crippen molar-refractivity contribution in [2.75, 3.05) is 11.9 Å². The summed E-state index contributed by atoms with van der Waals surface area (Å²) in [6.07, 6.45) is 0.132. The fraction of sp³-hybridized carbons (Fsp3) is 0.176. The van der Waals surface area contributed by atoms with Gasteiger partial charge in [-0.1, -0.05) is 6.07 Å². The van der Waals surface area contributed by atoms with E-state index in [9.17, 15) is 13.6 Å². The molecule has 0 unspecified atom stereocenters. The highest BCUT2D eigenvalue weighted by atomic mass is 19.1. The Balaban J connectivity index is 2.15. The van der Waals surface area contributed by atoms with E-state index in [-0.39, 0.29) is 24.3 Å². The van der Waals surface area contributed by atoms with Crippen molar-refractivity contribution in [2.24, 2.45) is 0 Å². The summed E-state index contributed by atoms with van der Waals surface area (Å²) >= 11 is 0. The number of anilines is 1. The van der Waals surface area contributed by atoms with E-state index in [1.165, 1.54) is 25.1 Å². The largest absolute Gasteiger partial charge is 0.384 e. The Morgan fingerprint density at radius 1 is 1.23 bits per heavy atom. The molecule has 5 heteroatoms. The maximum absolute atomic E-state index is 13.5. The van der Waals surface area contributed by atoms with Gasteiger partial charge in [-0.2, -0.15) is 5.26 Å². The van der Waals surface area contributed by atoms with Crippen LogP contribution in [0, 0.1) is 23.0 Å². The molecule has 0 aliphatic carbocycles. The van der Waals surface area contributed by atoms with Crippen molar-refractivity contribution in [1.29, 1.82) is 5.26 Å². The van der Waals surface area contributed by atoms with E-state index in [1.807, 2.05) is 6.07 Å². The van der Waals surface area contributed by atoms with Crippen LogP contribution in [0.15, 0.2) is 36.4 Å². The molecule has 2 rings (SSSR count). The number of nitrogens with zero attached hydrogens (tertiary/aromatic N) is 1. The van der Waals surface area contributed by atoms with Gasteiger partial charge in [0.05, 0.1) is 11.6 Å². The molecular weight excluding hydrogens is 286 g/mol. The molecule has 0 heterocycles. The highest BCUT2D eigenvalue weighted by molar-refractivity contribution is 5.99. The van der Waals surface area contributed by atoms with Crippen LogP contribution in [0.4, 0.5) is 14.5 Å². The van der Waals surface area contributed by atoms with Gasteiger partial charge in [0.15, 0.2) is 5.78 Å². The summed E-state index contributed by atoms with van der Waals surface area (Å²) in [5.41, 5.74) is 1.33. The Morgan fingerprint density at radius 3 is 2.50 bits per heavy atom. The van der Waals surface area contributed by atoms with Crippen LogP contribution in [-0.2, 0) is 6.42 Å². The van der Waals surface area contributed by atoms with Crippen LogP contribution in [0.1, 0.15) is 28.4 Å². The predicted octanol–water partition coefficient (Wildman–Crippen LogP) is 3.69. The summed E-state index contributed by atoms with van der Waals surface area (Å²) in [6, 6.07) is 10.4. The Bertz CT molecular complexity index is 731. The summed E-state index contributed by atoms with van der Waals surface area (Å²) in [7, 11) is 0. The van der Waals surface area contributed by atoms with Gasteiger partial charge in [-0.25, -0.2) is 8.78 Å². The SMILES string of the molecule is CC(=O)c1ccc(C#N)cc1NCCc1c(F)cccc1F. The smallest absolute Gasteiger partial charge is 0.161 e. The molecule has 0 amide bonds. The summed E-state index contributed by atoms with van der Waals surface area (Å²) in [4.78, 5) is 11.6. The van der Waals surface area contributed by atoms with Crippen molar-refractivity contribution in [3.63, 3.8) is 0 Å². The molecule has 112 valence electrons. The van der Waals surface area contributed by atoms with Crippen molar-refractivity contribution >= 4 is 11.5 Å². The molecule has 0 saturated heterocycles. The van der Waals surface area contributed by atoms with Crippen LogP contribution in [0.3, 0.4) is 0 Å². The van der Waals surface area contributed by atoms with Crippen molar-refractivity contribution in [1.82, 2.24) is 0 Å². The lowest BCUT2D eigenvalue weighted by molar-refractivity contribution is 0.101. The minimum Gasteiger partial charge on any atom is -0.384 e. The minimum atomic E-state index is -0.598. The molecule has 0 radical (unpaired) electrons. The lowest BCUT2D eigenvalue weighted by Crippen LogP contribution is -2.10. The maximum atomic E-state index is 13.5. The third kappa shape index (κ3) is 3.47. The van der Waals surface area contributed by atoms with Gasteiger partial charge in [0.1, 0.15) is 11.6 Å². The molecule has 0 aliphatic heterocycles. The minimum absolute atomic E-state index is 0.00388. The second-order valence-corrected chi connectivity index (χ2v) is 4.81. The van der Waals surface area contributed by atoms with Crippen LogP contribution in [0.5, 0.6) is 0 Å². The molecule has 0 aliphatic rings.